The van der Waals surface area contributed by atoms with E-state index in [1.54, 1.807) is 0 Å². The summed E-state index contributed by atoms with van der Waals surface area (Å²) in [5, 5.41) is 10.4. The molecule has 1 aliphatic rings. The standard InChI is InChI=1S/C16H22N2O2/c1-3-6-16(19)7-9-18(10-8-16)15-17-13-11-12(2)4-5-14(13)20-15/h4-5,11,19H,3,6-10H2,1-2H3. The number of hydrogen-bond donors (Lipinski definition) is 1. The number of aryl methyl sites for hydroxylation is 1. The van der Waals surface area contributed by atoms with Crippen LogP contribution >= 0.6 is 0 Å². The van der Waals surface area contributed by atoms with Crippen LogP contribution in [0.1, 0.15) is 38.2 Å². The Labute approximate surface area is 119 Å². The van der Waals surface area contributed by atoms with Gasteiger partial charge in [0.1, 0.15) is 5.52 Å². The van der Waals surface area contributed by atoms with Gasteiger partial charge in [0, 0.05) is 13.1 Å². The zero-order chi connectivity index (χ0) is 14.2. The fraction of sp³-hybridized carbons (Fsp3) is 0.562. The number of piperidine rings is 1. The molecule has 0 amide bonds. The van der Waals surface area contributed by atoms with Gasteiger partial charge < -0.3 is 14.4 Å². The monoisotopic (exact) mass is 274 g/mol. The summed E-state index contributed by atoms with van der Waals surface area (Å²) in [6, 6.07) is 6.73. The fourth-order valence-corrected chi connectivity index (χ4v) is 2.99. The molecular weight excluding hydrogens is 252 g/mol. The van der Waals surface area contributed by atoms with Crippen LogP contribution in [-0.4, -0.2) is 28.8 Å². The zero-order valence-corrected chi connectivity index (χ0v) is 12.2. The predicted octanol–water partition coefficient (Wildman–Crippen LogP) is 3.27. The molecule has 2 aromatic rings. The number of aliphatic hydroxyl groups is 1. The molecule has 0 saturated carbocycles. The van der Waals surface area contributed by atoms with Crippen molar-refractivity contribution in [3.8, 4) is 0 Å². The molecule has 1 aliphatic heterocycles. The van der Waals surface area contributed by atoms with Gasteiger partial charge in [0.15, 0.2) is 5.58 Å². The Balaban J connectivity index is 1.76. The molecule has 1 saturated heterocycles. The fourth-order valence-electron chi connectivity index (χ4n) is 2.99. The summed E-state index contributed by atoms with van der Waals surface area (Å²) in [6.07, 6.45) is 3.49. The van der Waals surface area contributed by atoms with E-state index < -0.39 is 5.60 Å². The van der Waals surface area contributed by atoms with Crippen molar-refractivity contribution in [1.29, 1.82) is 0 Å². The van der Waals surface area contributed by atoms with Crippen molar-refractivity contribution in [1.82, 2.24) is 4.98 Å². The lowest BCUT2D eigenvalue weighted by Crippen LogP contribution is -2.44. The molecule has 0 atom stereocenters. The third-order valence-electron chi connectivity index (χ3n) is 4.21. The first-order valence-corrected chi connectivity index (χ1v) is 7.44. The molecule has 1 aromatic carbocycles. The second kappa shape index (κ2) is 5.09. The minimum absolute atomic E-state index is 0.492. The highest BCUT2D eigenvalue weighted by atomic mass is 16.4. The van der Waals surface area contributed by atoms with Gasteiger partial charge in [-0.25, -0.2) is 0 Å². The second-order valence-electron chi connectivity index (χ2n) is 5.93. The third kappa shape index (κ3) is 2.52. The topological polar surface area (TPSA) is 49.5 Å². The van der Waals surface area contributed by atoms with Crippen molar-refractivity contribution in [2.45, 2.75) is 45.1 Å². The van der Waals surface area contributed by atoms with Gasteiger partial charge in [0.05, 0.1) is 5.60 Å². The number of hydrogen-bond acceptors (Lipinski definition) is 4. The maximum atomic E-state index is 10.4. The number of rotatable bonds is 3. The van der Waals surface area contributed by atoms with Crippen LogP contribution in [0.5, 0.6) is 0 Å². The zero-order valence-electron chi connectivity index (χ0n) is 12.2. The average Bonchev–Trinajstić information content (AvgIpc) is 2.82. The van der Waals surface area contributed by atoms with Gasteiger partial charge in [-0.15, -0.1) is 0 Å². The Morgan fingerprint density at radius 1 is 1.35 bits per heavy atom. The molecule has 0 radical (unpaired) electrons. The van der Waals surface area contributed by atoms with E-state index in [0.29, 0.717) is 6.01 Å². The smallest absolute Gasteiger partial charge is 0.298 e. The first-order valence-electron chi connectivity index (χ1n) is 7.44. The van der Waals surface area contributed by atoms with Crippen molar-refractivity contribution in [3.63, 3.8) is 0 Å². The van der Waals surface area contributed by atoms with Crippen LogP contribution < -0.4 is 4.90 Å². The minimum atomic E-state index is -0.492. The van der Waals surface area contributed by atoms with E-state index in [0.717, 1.165) is 49.9 Å². The van der Waals surface area contributed by atoms with Crippen molar-refractivity contribution < 1.29 is 9.52 Å². The van der Waals surface area contributed by atoms with E-state index in [2.05, 4.69) is 23.7 Å². The van der Waals surface area contributed by atoms with E-state index >= 15 is 0 Å². The molecule has 20 heavy (non-hydrogen) atoms. The van der Waals surface area contributed by atoms with Crippen LogP contribution in [0.25, 0.3) is 11.1 Å². The Bertz CT molecular complexity index is 598. The van der Waals surface area contributed by atoms with Gasteiger partial charge in [0.2, 0.25) is 0 Å². The summed E-state index contributed by atoms with van der Waals surface area (Å²) < 4.78 is 5.82. The van der Waals surface area contributed by atoms with Crippen molar-refractivity contribution >= 4 is 17.1 Å². The summed E-state index contributed by atoms with van der Waals surface area (Å²) in [4.78, 5) is 6.71. The molecule has 4 nitrogen and oxygen atoms in total. The highest BCUT2D eigenvalue weighted by Crippen LogP contribution is 2.30. The molecule has 2 heterocycles. The van der Waals surface area contributed by atoms with Gasteiger partial charge in [-0.3, -0.25) is 0 Å². The summed E-state index contributed by atoms with van der Waals surface area (Å²) in [7, 11) is 0. The number of benzene rings is 1. The van der Waals surface area contributed by atoms with Crippen LogP contribution in [0.4, 0.5) is 6.01 Å². The van der Waals surface area contributed by atoms with Gasteiger partial charge >= 0.3 is 0 Å². The molecule has 1 N–H and O–H groups in total. The molecule has 3 rings (SSSR count). The van der Waals surface area contributed by atoms with Gasteiger partial charge in [0.25, 0.3) is 6.01 Å². The van der Waals surface area contributed by atoms with Crippen LogP contribution in [0, 0.1) is 6.92 Å². The van der Waals surface area contributed by atoms with Crippen LogP contribution in [-0.2, 0) is 0 Å². The Morgan fingerprint density at radius 3 is 2.80 bits per heavy atom. The number of oxazole rings is 1. The largest absolute Gasteiger partial charge is 0.423 e. The van der Waals surface area contributed by atoms with Crippen molar-refractivity contribution in [3.05, 3.63) is 23.8 Å². The molecule has 1 fully saturated rings. The third-order valence-corrected chi connectivity index (χ3v) is 4.21. The molecule has 0 aliphatic carbocycles. The summed E-state index contributed by atoms with van der Waals surface area (Å²) >= 11 is 0. The quantitative estimate of drug-likeness (QED) is 0.933. The minimum Gasteiger partial charge on any atom is -0.423 e. The summed E-state index contributed by atoms with van der Waals surface area (Å²) in [6.45, 7) is 5.79. The highest BCUT2D eigenvalue weighted by Gasteiger charge is 2.32. The first kappa shape index (κ1) is 13.4. The summed E-state index contributed by atoms with van der Waals surface area (Å²) in [5.41, 5.74) is 2.44. The molecule has 4 heteroatoms. The van der Waals surface area contributed by atoms with Crippen LogP contribution in [0.15, 0.2) is 22.6 Å². The van der Waals surface area contributed by atoms with E-state index in [9.17, 15) is 5.11 Å². The molecule has 0 spiro atoms. The number of aromatic nitrogens is 1. The molecule has 0 bridgehead atoms. The van der Waals surface area contributed by atoms with E-state index in [4.69, 9.17) is 4.42 Å². The number of fused-ring (bicyclic) bond motifs is 1. The van der Waals surface area contributed by atoms with Crippen LogP contribution in [0.3, 0.4) is 0 Å². The molecule has 1 aromatic heterocycles. The maximum absolute atomic E-state index is 10.4. The Morgan fingerprint density at radius 2 is 2.10 bits per heavy atom. The van der Waals surface area contributed by atoms with Crippen LogP contribution in [0.2, 0.25) is 0 Å². The lowest BCUT2D eigenvalue weighted by Gasteiger charge is -2.37. The van der Waals surface area contributed by atoms with Gasteiger partial charge in [-0.2, -0.15) is 4.98 Å². The van der Waals surface area contributed by atoms with Gasteiger partial charge in [-0.1, -0.05) is 19.4 Å². The average molecular weight is 274 g/mol. The predicted molar refractivity (Wildman–Crippen MR) is 80.1 cm³/mol. The molecule has 108 valence electrons. The lowest BCUT2D eigenvalue weighted by molar-refractivity contribution is 0.00676. The number of anilines is 1. The Kier molecular flexibility index (Phi) is 3.42. The lowest BCUT2D eigenvalue weighted by atomic mass is 9.87. The second-order valence-corrected chi connectivity index (χ2v) is 5.93. The normalized spacial score (nSPS) is 18.6. The van der Waals surface area contributed by atoms with Crippen molar-refractivity contribution in [2.75, 3.05) is 18.0 Å². The maximum Gasteiger partial charge on any atom is 0.298 e. The van der Waals surface area contributed by atoms with E-state index in [1.807, 2.05) is 18.2 Å². The molecular formula is C16H22N2O2. The summed E-state index contributed by atoms with van der Waals surface area (Å²) in [5.74, 6) is 0. The number of nitrogens with zero attached hydrogens (tertiary/aromatic N) is 2. The van der Waals surface area contributed by atoms with E-state index in [-0.39, 0.29) is 0 Å². The Hall–Kier alpha value is -1.55. The molecule has 0 unspecified atom stereocenters. The van der Waals surface area contributed by atoms with Crippen molar-refractivity contribution in [2.24, 2.45) is 0 Å². The first-order chi connectivity index (χ1) is 9.59. The van der Waals surface area contributed by atoms with Gasteiger partial charge in [-0.05, 0) is 43.9 Å². The van der Waals surface area contributed by atoms with E-state index in [1.165, 1.54) is 5.56 Å². The SMILES string of the molecule is CCCC1(O)CCN(c2nc3cc(C)ccc3o2)CC1. The highest BCUT2D eigenvalue weighted by molar-refractivity contribution is 5.75.